The first kappa shape index (κ1) is 13.1. The number of thiophene rings is 1. The Labute approximate surface area is 113 Å². The van der Waals surface area contributed by atoms with Gasteiger partial charge in [0.1, 0.15) is 5.82 Å². The Morgan fingerprint density at radius 1 is 1.39 bits per heavy atom. The van der Waals surface area contributed by atoms with Crippen LogP contribution in [0.15, 0.2) is 35.7 Å². The summed E-state index contributed by atoms with van der Waals surface area (Å²) < 4.78 is 12.9. The van der Waals surface area contributed by atoms with Gasteiger partial charge in [0.15, 0.2) is 0 Å². The fraction of sp³-hybridized carbons (Fsp3) is 0.154. The average molecular weight is 284 g/mol. The molecule has 2 nitrogen and oxygen atoms in total. The van der Waals surface area contributed by atoms with Crippen molar-refractivity contribution in [3.8, 4) is 0 Å². The van der Waals surface area contributed by atoms with Crippen LogP contribution >= 0.6 is 22.9 Å². The van der Waals surface area contributed by atoms with Crippen molar-refractivity contribution in [3.63, 3.8) is 0 Å². The minimum Gasteiger partial charge on any atom is -0.352 e. The van der Waals surface area contributed by atoms with Crippen LogP contribution in [0, 0.1) is 5.82 Å². The average Bonchev–Trinajstić information content (AvgIpc) is 2.83. The van der Waals surface area contributed by atoms with Gasteiger partial charge in [0.25, 0.3) is 0 Å². The van der Waals surface area contributed by atoms with E-state index >= 15 is 0 Å². The molecule has 18 heavy (non-hydrogen) atoms. The number of benzene rings is 1. The van der Waals surface area contributed by atoms with Crippen LogP contribution in [-0.2, 0) is 17.8 Å². The largest absolute Gasteiger partial charge is 0.352 e. The van der Waals surface area contributed by atoms with Crippen LogP contribution < -0.4 is 5.32 Å². The molecule has 1 heterocycles. The highest BCUT2D eigenvalue weighted by Crippen LogP contribution is 2.16. The monoisotopic (exact) mass is 283 g/mol. The summed E-state index contributed by atoms with van der Waals surface area (Å²) in [4.78, 5) is 12.6. The SMILES string of the molecule is O=C(Cc1cccs1)NCc1ccc(F)c(Cl)c1. The highest BCUT2D eigenvalue weighted by atomic mass is 35.5. The predicted octanol–water partition coefficient (Wildman–Crippen LogP) is 3.40. The van der Waals surface area contributed by atoms with Crippen molar-refractivity contribution in [1.82, 2.24) is 5.32 Å². The molecular formula is C13H11ClFNOS. The Hall–Kier alpha value is -1.39. The molecule has 94 valence electrons. The summed E-state index contributed by atoms with van der Waals surface area (Å²) in [6.45, 7) is 0.351. The Balaban J connectivity index is 1.87. The number of hydrogen-bond acceptors (Lipinski definition) is 2. The van der Waals surface area contributed by atoms with E-state index in [9.17, 15) is 9.18 Å². The van der Waals surface area contributed by atoms with Gasteiger partial charge in [0.2, 0.25) is 5.91 Å². The number of rotatable bonds is 4. The number of carbonyl (C=O) groups excluding carboxylic acids is 1. The molecule has 2 rings (SSSR count). The van der Waals surface area contributed by atoms with Crippen LogP contribution in [0.25, 0.3) is 0 Å². The maximum Gasteiger partial charge on any atom is 0.225 e. The fourth-order valence-corrected chi connectivity index (χ4v) is 2.39. The molecule has 0 saturated carbocycles. The van der Waals surface area contributed by atoms with Gasteiger partial charge in [-0.05, 0) is 29.1 Å². The molecule has 0 fully saturated rings. The van der Waals surface area contributed by atoms with E-state index in [1.54, 1.807) is 17.4 Å². The van der Waals surface area contributed by atoms with E-state index in [4.69, 9.17) is 11.6 Å². The Morgan fingerprint density at radius 2 is 2.22 bits per heavy atom. The zero-order chi connectivity index (χ0) is 13.0. The lowest BCUT2D eigenvalue weighted by Crippen LogP contribution is -2.24. The van der Waals surface area contributed by atoms with Crippen LogP contribution in [0.5, 0.6) is 0 Å². The van der Waals surface area contributed by atoms with Crippen molar-refractivity contribution in [3.05, 3.63) is 57.0 Å². The van der Waals surface area contributed by atoms with Gasteiger partial charge < -0.3 is 5.32 Å². The molecule has 1 aromatic carbocycles. The van der Waals surface area contributed by atoms with Gasteiger partial charge in [0.05, 0.1) is 11.4 Å². The predicted molar refractivity (Wildman–Crippen MR) is 71.3 cm³/mol. The van der Waals surface area contributed by atoms with Crippen LogP contribution in [-0.4, -0.2) is 5.91 Å². The first-order valence-corrected chi connectivity index (χ1v) is 6.64. The second-order valence-corrected chi connectivity index (χ2v) is 5.22. The quantitative estimate of drug-likeness (QED) is 0.915. The standard InChI is InChI=1S/C13H11ClFNOS/c14-11-6-9(3-4-12(11)15)8-16-13(17)7-10-2-1-5-18-10/h1-6H,7-8H2,(H,16,17). The summed E-state index contributed by atoms with van der Waals surface area (Å²) in [5.41, 5.74) is 0.779. The zero-order valence-corrected chi connectivity index (χ0v) is 11.0. The second kappa shape index (κ2) is 5.98. The molecular weight excluding hydrogens is 273 g/mol. The molecule has 0 saturated heterocycles. The number of carbonyl (C=O) groups is 1. The lowest BCUT2D eigenvalue weighted by atomic mass is 10.2. The summed E-state index contributed by atoms with van der Waals surface area (Å²) in [5.74, 6) is -0.511. The van der Waals surface area contributed by atoms with Crippen molar-refractivity contribution < 1.29 is 9.18 Å². The molecule has 0 bridgehead atoms. The third-order valence-corrected chi connectivity index (χ3v) is 3.55. The highest BCUT2D eigenvalue weighted by Gasteiger charge is 2.05. The number of amides is 1. The van der Waals surface area contributed by atoms with Crippen molar-refractivity contribution in [1.29, 1.82) is 0 Å². The summed E-state index contributed by atoms with van der Waals surface area (Å²) >= 11 is 7.20. The number of halogens is 2. The van der Waals surface area contributed by atoms with Crippen molar-refractivity contribution >= 4 is 28.8 Å². The molecule has 0 spiro atoms. The van der Waals surface area contributed by atoms with Crippen LogP contribution in [0.2, 0.25) is 5.02 Å². The van der Waals surface area contributed by atoms with E-state index in [-0.39, 0.29) is 10.9 Å². The molecule has 0 aliphatic rings. The molecule has 0 atom stereocenters. The van der Waals surface area contributed by atoms with Gasteiger partial charge >= 0.3 is 0 Å². The summed E-state index contributed by atoms with van der Waals surface area (Å²) in [6, 6.07) is 8.24. The van der Waals surface area contributed by atoms with E-state index in [2.05, 4.69) is 5.32 Å². The molecule has 1 N–H and O–H groups in total. The normalized spacial score (nSPS) is 10.3. The topological polar surface area (TPSA) is 29.1 Å². The van der Waals surface area contributed by atoms with E-state index in [0.717, 1.165) is 10.4 Å². The van der Waals surface area contributed by atoms with Gasteiger partial charge in [-0.1, -0.05) is 23.7 Å². The molecule has 0 aliphatic heterocycles. The maximum atomic E-state index is 12.9. The lowest BCUT2D eigenvalue weighted by Gasteiger charge is -2.05. The number of hydrogen-bond donors (Lipinski definition) is 1. The Morgan fingerprint density at radius 3 is 2.89 bits per heavy atom. The minimum atomic E-state index is -0.453. The van der Waals surface area contributed by atoms with Crippen molar-refractivity contribution in [2.75, 3.05) is 0 Å². The Bertz CT molecular complexity index is 542. The van der Waals surface area contributed by atoms with Gasteiger partial charge in [0, 0.05) is 11.4 Å². The van der Waals surface area contributed by atoms with Gasteiger partial charge in [-0.25, -0.2) is 4.39 Å². The summed E-state index contributed by atoms with van der Waals surface area (Å²) in [7, 11) is 0. The maximum absolute atomic E-state index is 12.9. The zero-order valence-electron chi connectivity index (χ0n) is 9.45. The van der Waals surface area contributed by atoms with Crippen LogP contribution in [0.4, 0.5) is 4.39 Å². The summed E-state index contributed by atoms with van der Waals surface area (Å²) in [6.07, 6.45) is 0.368. The van der Waals surface area contributed by atoms with E-state index in [0.29, 0.717) is 13.0 Å². The minimum absolute atomic E-state index is 0.0575. The molecule has 2 aromatic rings. The molecule has 0 unspecified atom stereocenters. The van der Waals surface area contributed by atoms with Gasteiger partial charge in [-0.2, -0.15) is 0 Å². The first-order valence-electron chi connectivity index (χ1n) is 5.38. The molecule has 0 radical (unpaired) electrons. The first-order chi connectivity index (χ1) is 8.65. The number of nitrogens with one attached hydrogen (secondary N) is 1. The second-order valence-electron chi connectivity index (χ2n) is 3.78. The molecule has 5 heteroatoms. The fourth-order valence-electron chi connectivity index (χ4n) is 1.48. The van der Waals surface area contributed by atoms with E-state index < -0.39 is 5.82 Å². The third-order valence-electron chi connectivity index (χ3n) is 2.39. The lowest BCUT2D eigenvalue weighted by molar-refractivity contribution is -0.120. The Kier molecular flexibility index (Phi) is 4.33. The molecule has 0 aliphatic carbocycles. The molecule has 1 amide bonds. The third kappa shape index (κ3) is 3.55. The summed E-state index contributed by atoms with van der Waals surface area (Å²) in [5, 5.41) is 4.77. The van der Waals surface area contributed by atoms with E-state index in [1.165, 1.54) is 12.1 Å². The van der Waals surface area contributed by atoms with Crippen LogP contribution in [0.1, 0.15) is 10.4 Å². The van der Waals surface area contributed by atoms with Gasteiger partial charge in [-0.3, -0.25) is 4.79 Å². The van der Waals surface area contributed by atoms with E-state index in [1.807, 2.05) is 17.5 Å². The van der Waals surface area contributed by atoms with Crippen molar-refractivity contribution in [2.24, 2.45) is 0 Å². The van der Waals surface area contributed by atoms with Gasteiger partial charge in [-0.15, -0.1) is 11.3 Å². The molecule has 1 aromatic heterocycles. The van der Waals surface area contributed by atoms with Crippen molar-refractivity contribution in [2.45, 2.75) is 13.0 Å². The highest BCUT2D eigenvalue weighted by molar-refractivity contribution is 7.10. The smallest absolute Gasteiger partial charge is 0.225 e. The van der Waals surface area contributed by atoms with Crippen LogP contribution in [0.3, 0.4) is 0 Å².